The van der Waals surface area contributed by atoms with E-state index in [0.717, 1.165) is 10.9 Å². The van der Waals surface area contributed by atoms with Crippen molar-refractivity contribution in [3.8, 4) is 0 Å². The molecule has 0 unspecified atom stereocenters. The Morgan fingerprint density at radius 2 is 1.84 bits per heavy atom. The van der Waals surface area contributed by atoms with E-state index >= 15 is 0 Å². The standard InChI is InChI=1S/C18H30N4O2S/c1-12-13(2)22(14-9-7-6-8-10-14)17(19-12)25-11-15(23)20-16(24)21-18(3,4)5/h14H,6-11H2,1-5H3,(H2,20,21,23,24). The molecule has 1 aromatic heterocycles. The highest BCUT2D eigenvalue weighted by molar-refractivity contribution is 7.99. The van der Waals surface area contributed by atoms with Gasteiger partial charge in [0.15, 0.2) is 5.16 Å². The van der Waals surface area contributed by atoms with Crippen LogP contribution in [0.2, 0.25) is 0 Å². The van der Waals surface area contributed by atoms with Gasteiger partial charge in [0.2, 0.25) is 5.91 Å². The molecule has 0 aliphatic heterocycles. The van der Waals surface area contributed by atoms with Crippen molar-refractivity contribution in [3.05, 3.63) is 11.4 Å². The summed E-state index contributed by atoms with van der Waals surface area (Å²) >= 11 is 1.40. The van der Waals surface area contributed by atoms with E-state index in [2.05, 4.69) is 27.1 Å². The number of carbonyl (C=O) groups is 2. The highest BCUT2D eigenvalue weighted by atomic mass is 32.2. The number of urea groups is 1. The van der Waals surface area contributed by atoms with Gasteiger partial charge in [-0.05, 0) is 47.5 Å². The topological polar surface area (TPSA) is 76.0 Å². The van der Waals surface area contributed by atoms with Crippen molar-refractivity contribution in [2.75, 3.05) is 5.75 Å². The third-order valence-electron chi connectivity index (χ3n) is 4.37. The van der Waals surface area contributed by atoms with E-state index in [1.807, 2.05) is 27.7 Å². The maximum atomic E-state index is 12.1. The summed E-state index contributed by atoms with van der Waals surface area (Å²) in [6.07, 6.45) is 6.14. The first-order valence-corrected chi connectivity index (χ1v) is 9.96. The smallest absolute Gasteiger partial charge is 0.321 e. The molecule has 0 aromatic carbocycles. The molecule has 0 radical (unpaired) electrons. The molecule has 6 nitrogen and oxygen atoms in total. The summed E-state index contributed by atoms with van der Waals surface area (Å²) < 4.78 is 2.29. The van der Waals surface area contributed by atoms with Gasteiger partial charge in [-0.1, -0.05) is 31.0 Å². The van der Waals surface area contributed by atoms with Gasteiger partial charge < -0.3 is 9.88 Å². The lowest BCUT2D eigenvalue weighted by atomic mass is 9.95. The zero-order valence-electron chi connectivity index (χ0n) is 15.9. The number of amides is 3. The van der Waals surface area contributed by atoms with Crippen molar-refractivity contribution >= 4 is 23.7 Å². The van der Waals surface area contributed by atoms with Gasteiger partial charge in [0, 0.05) is 17.3 Å². The van der Waals surface area contributed by atoms with Gasteiger partial charge in [-0.2, -0.15) is 0 Å². The minimum absolute atomic E-state index is 0.181. The molecule has 140 valence electrons. The third-order valence-corrected chi connectivity index (χ3v) is 5.32. The predicted octanol–water partition coefficient (Wildman–Crippen LogP) is 3.72. The number of rotatable bonds is 4. The Morgan fingerprint density at radius 1 is 1.20 bits per heavy atom. The molecule has 3 amide bonds. The highest BCUT2D eigenvalue weighted by Crippen LogP contribution is 2.34. The number of imide groups is 1. The van der Waals surface area contributed by atoms with Crippen LogP contribution >= 0.6 is 11.8 Å². The van der Waals surface area contributed by atoms with Gasteiger partial charge in [0.25, 0.3) is 0 Å². The van der Waals surface area contributed by atoms with Gasteiger partial charge >= 0.3 is 6.03 Å². The second-order valence-electron chi connectivity index (χ2n) is 7.77. The zero-order chi connectivity index (χ0) is 18.6. The lowest BCUT2D eigenvalue weighted by molar-refractivity contribution is -0.117. The van der Waals surface area contributed by atoms with Crippen molar-refractivity contribution in [1.29, 1.82) is 0 Å². The van der Waals surface area contributed by atoms with Crippen LogP contribution < -0.4 is 10.6 Å². The Balaban J connectivity index is 1.97. The molecule has 0 saturated heterocycles. The molecule has 0 spiro atoms. The van der Waals surface area contributed by atoms with Crippen LogP contribution in [0, 0.1) is 13.8 Å². The molecule has 0 atom stereocenters. The minimum atomic E-state index is -0.457. The molecule has 2 N–H and O–H groups in total. The first kappa shape index (κ1) is 19.8. The fourth-order valence-electron chi connectivity index (χ4n) is 3.13. The van der Waals surface area contributed by atoms with Gasteiger partial charge in [0.1, 0.15) is 0 Å². The van der Waals surface area contributed by atoms with Crippen molar-refractivity contribution in [2.24, 2.45) is 0 Å². The fraction of sp³-hybridized carbons (Fsp3) is 0.722. The van der Waals surface area contributed by atoms with Crippen molar-refractivity contribution in [1.82, 2.24) is 20.2 Å². The monoisotopic (exact) mass is 366 g/mol. The van der Waals surface area contributed by atoms with E-state index in [9.17, 15) is 9.59 Å². The highest BCUT2D eigenvalue weighted by Gasteiger charge is 2.23. The van der Waals surface area contributed by atoms with E-state index in [-0.39, 0.29) is 17.2 Å². The zero-order valence-corrected chi connectivity index (χ0v) is 16.8. The van der Waals surface area contributed by atoms with Gasteiger partial charge in [0.05, 0.1) is 11.4 Å². The molecule has 0 bridgehead atoms. The Bertz CT molecular complexity index is 628. The average molecular weight is 367 g/mol. The number of hydrogen-bond donors (Lipinski definition) is 2. The number of aryl methyl sites for hydroxylation is 1. The maximum absolute atomic E-state index is 12.1. The summed E-state index contributed by atoms with van der Waals surface area (Å²) in [5, 5.41) is 5.99. The van der Waals surface area contributed by atoms with Crippen LogP contribution in [0.3, 0.4) is 0 Å². The Labute approximate surface area is 154 Å². The summed E-state index contributed by atoms with van der Waals surface area (Å²) in [6.45, 7) is 9.72. The number of aromatic nitrogens is 2. The molecule has 1 aliphatic rings. The van der Waals surface area contributed by atoms with E-state index in [4.69, 9.17) is 0 Å². The van der Waals surface area contributed by atoms with Gasteiger partial charge in [-0.25, -0.2) is 9.78 Å². The molecule has 1 aliphatic carbocycles. The second-order valence-corrected chi connectivity index (χ2v) is 8.71. The summed E-state index contributed by atoms with van der Waals surface area (Å²) in [5.74, 6) is -0.125. The fourth-order valence-corrected chi connectivity index (χ4v) is 4.09. The SMILES string of the molecule is Cc1nc(SCC(=O)NC(=O)NC(C)(C)C)n(C2CCCCC2)c1C. The molecule has 1 saturated carbocycles. The lowest BCUT2D eigenvalue weighted by Crippen LogP contribution is -2.48. The number of hydrogen-bond acceptors (Lipinski definition) is 4. The number of carbonyl (C=O) groups excluding carboxylic acids is 2. The van der Waals surface area contributed by atoms with Gasteiger partial charge in [-0.15, -0.1) is 0 Å². The van der Waals surface area contributed by atoms with Crippen LogP contribution in [0.15, 0.2) is 5.16 Å². The molecular weight excluding hydrogens is 336 g/mol. The average Bonchev–Trinajstić information content (AvgIpc) is 2.79. The number of imidazole rings is 1. The van der Waals surface area contributed by atoms with Crippen LogP contribution in [-0.4, -0.2) is 32.8 Å². The van der Waals surface area contributed by atoms with E-state index in [0.29, 0.717) is 6.04 Å². The summed E-state index contributed by atoms with van der Waals surface area (Å²) in [6, 6.07) is 0.0192. The molecule has 1 heterocycles. The summed E-state index contributed by atoms with van der Waals surface area (Å²) in [5.41, 5.74) is 1.82. The van der Waals surface area contributed by atoms with E-state index in [1.54, 1.807) is 0 Å². The number of thioether (sulfide) groups is 1. The van der Waals surface area contributed by atoms with Gasteiger partial charge in [-0.3, -0.25) is 10.1 Å². The molecular formula is C18H30N4O2S. The molecule has 2 rings (SSSR count). The van der Waals surface area contributed by atoms with Crippen LogP contribution in [0.1, 0.15) is 70.3 Å². The van der Waals surface area contributed by atoms with Crippen molar-refractivity contribution < 1.29 is 9.59 Å². The first-order valence-electron chi connectivity index (χ1n) is 8.97. The van der Waals surface area contributed by atoms with Crippen LogP contribution in [0.4, 0.5) is 4.79 Å². The maximum Gasteiger partial charge on any atom is 0.321 e. The number of nitrogens with one attached hydrogen (secondary N) is 2. The molecule has 7 heteroatoms. The molecule has 25 heavy (non-hydrogen) atoms. The predicted molar refractivity (Wildman–Crippen MR) is 101 cm³/mol. The first-order chi connectivity index (χ1) is 11.7. The third kappa shape index (κ3) is 5.76. The minimum Gasteiger partial charge on any atom is -0.333 e. The molecule has 1 aromatic rings. The normalized spacial score (nSPS) is 15.9. The summed E-state index contributed by atoms with van der Waals surface area (Å²) in [4.78, 5) is 28.5. The van der Waals surface area contributed by atoms with Crippen molar-refractivity contribution in [2.45, 2.75) is 83.5 Å². The summed E-state index contributed by atoms with van der Waals surface area (Å²) in [7, 11) is 0. The lowest BCUT2D eigenvalue weighted by Gasteiger charge is -2.26. The Morgan fingerprint density at radius 3 is 2.44 bits per heavy atom. The quantitative estimate of drug-likeness (QED) is 0.796. The Kier molecular flexibility index (Phi) is 6.54. The Hall–Kier alpha value is -1.50. The van der Waals surface area contributed by atoms with Crippen molar-refractivity contribution in [3.63, 3.8) is 0 Å². The molecule has 1 fully saturated rings. The van der Waals surface area contributed by atoms with E-state index < -0.39 is 6.03 Å². The number of nitrogens with zero attached hydrogens (tertiary/aromatic N) is 2. The largest absolute Gasteiger partial charge is 0.333 e. The van der Waals surface area contributed by atoms with Crippen LogP contribution in [-0.2, 0) is 4.79 Å². The second kappa shape index (κ2) is 8.25. The van der Waals surface area contributed by atoms with Crippen LogP contribution in [0.5, 0.6) is 0 Å². The van der Waals surface area contributed by atoms with E-state index in [1.165, 1.54) is 49.6 Å². The van der Waals surface area contributed by atoms with Crippen LogP contribution in [0.25, 0.3) is 0 Å².